The monoisotopic (exact) mass is 482 g/mol. The van der Waals surface area contributed by atoms with Gasteiger partial charge in [-0.3, -0.25) is 4.90 Å². The molecule has 4 fully saturated rings. The molecule has 0 spiro atoms. The molecule has 35 heavy (non-hydrogen) atoms. The first-order valence-electron chi connectivity index (χ1n) is 12.6. The number of amides is 1. The molecule has 5 atom stereocenters. The molecule has 2 aliphatic heterocycles. The lowest BCUT2D eigenvalue weighted by Crippen LogP contribution is -2.61. The predicted octanol–water partition coefficient (Wildman–Crippen LogP) is 4.52. The van der Waals surface area contributed by atoms with Crippen molar-refractivity contribution in [3.63, 3.8) is 0 Å². The molecule has 2 unspecified atom stereocenters. The molecule has 1 aromatic carbocycles. The number of aryl methyl sites for hydroxylation is 1. The lowest BCUT2D eigenvalue weighted by molar-refractivity contribution is -0.0924. The number of nitrogens with one attached hydrogen (secondary N) is 1. The second-order valence-corrected chi connectivity index (χ2v) is 10.3. The van der Waals surface area contributed by atoms with Crippen LogP contribution in [-0.2, 0) is 9.47 Å². The Balaban J connectivity index is 1.12. The summed E-state index contributed by atoms with van der Waals surface area (Å²) in [6, 6.07) is 4.84. The molecular formula is C26H31FN4O4. The average Bonchev–Trinajstić information content (AvgIpc) is 3.22. The molecule has 2 saturated carbocycles. The van der Waals surface area contributed by atoms with E-state index in [0.29, 0.717) is 60.8 Å². The maximum absolute atomic E-state index is 14.3. The highest BCUT2D eigenvalue weighted by atomic mass is 19.1. The van der Waals surface area contributed by atoms with Crippen LogP contribution < -0.4 is 10.1 Å². The van der Waals surface area contributed by atoms with E-state index in [2.05, 4.69) is 15.3 Å². The number of ether oxygens (including phenoxy) is 3. The number of hydrogen-bond donors (Lipinski definition) is 1. The van der Waals surface area contributed by atoms with Crippen LogP contribution in [0, 0.1) is 31.5 Å². The zero-order valence-corrected chi connectivity index (χ0v) is 20.1. The summed E-state index contributed by atoms with van der Waals surface area (Å²) in [4.78, 5) is 23.5. The molecule has 6 rings (SSSR count). The zero-order valence-electron chi connectivity index (χ0n) is 20.1. The molecule has 1 N–H and O–H groups in total. The Morgan fingerprint density at radius 2 is 1.89 bits per heavy atom. The molecule has 1 aromatic heterocycles. The SMILES string of the molecule is Cc1ccc(Nc2ncnc(OC3CC4COCC(C3)N4C(=O)O[C@@H]3[C@@H]4CCC[C@@H]43)c2C)c(F)c1. The summed E-state index contributed by atoms with van der Waals surface area (Å²) in [5.41, 5.74) is 1.90. The maximum atomic E-state index is 14.3. The quantitative estimate of drug-likeness (QED) is 0.671. The number of anilines is 2. The van der Waals surface area contributed by atoms with Gasteiger partial charge < -0.3 is 19.5 Å². The normalized spacial score (nSPS) is 31.0. The van der Waals surface area contributed by atoms with Crippen molar-refractivity contribution in [1.29, 1.82) is 0 Å². The standard InChI is InChI=1S/C26H31FN4O4/c1-14-6-7-22(21(27)8-14)30-24-15(2)25(29-13-28-24)34-18-9-16-11-33-12-17(10-18)31(16)26(32)35-23-19-4-3-5-20(19)23/h6-8,13,16-20,23H,3-5,9-12H2,1-2H3,(H,28,29,30)/t16?,17?,18?,19-,20+,23-. The number of morpholine rings is 1. The average molecular weight is 483 g/mol. The van der Waals surface area contributed by atoms with Crippen LogP contribution in [0.1, 0.15) is 43.2 Å². The van der Waals surface area contributed by atoms with E-state index in [9.17, 15) is 9.18 Å². The molecule has 4 aliphatic rings. The topological polar surface area (TPSA) is 85.8 Å². The van der Waals surface area contributed by atoms with Gasteiger partial charge in [0, 0.05) is 24.7 Å². The molecule has 8 nitrogen and oxygen atoms in total. The van der Waals surface area contributed by atoms with Crippen LogP contribution in [0.4, 0.5) is 20.7 Å². The molecule has 2 aromatic rings. The predicted molar refractivity (Wildman–Crippen MR) is 126 cm³/mol. The number of rotatable bonds is 5. The van der Waals surface area contributed by atoms with Gasteiger partial charge in [0.1, 0.15) is 30.2 Å². The first-order valence-corrected chi connectivity index (χ1v) is 12.6. The van der Waals surface area contributed by atoms with Gasteiger partial charge in [0.05, 0.1) is 36.5 Å². The van der Waals surface area contributed by atoms with Gasteiger partial charge in [-0.15, -0.1) is 0 Å². The number of aromatic nitrogens is 2. The van der Waals surface area contributed by atoms with Crippen LogP contribution in [0.2, 0.25) is 0 Å². The van der Waals surface area contributed by atoms with Crippen LogP contribution >= 0.6 is 0 Å². The Bertz CT molecular complexity index is 1110. The molecule has 3 heterocycles. The van der Waals surface area contributed by atoms with E-state index in [0.717, 1.165) is 5.56 Å². The van der Waals surface area contributed by atoms with E-state index >= 15 is 0 Å². The number of fused-ring (bicyclic) bond motifs is 3. The van der Waals surface area contributed by atoms with Gasteiger partial charge in [-0.1, -0.05) is 12.5 Å². The third-order valence-electron chi connectivity index (χ3n) is 7.95. The molecule has 9 heteroatoms. The van der Waals surface area contributed by atoms with Crippen molar-refractivity contribution in [1.82, 2.24) is 14.9 Å². The summed E-state index contributed by atoms with van der Waals surface area (Å²) in [7, 11) is 0. The second kappa shape index (κ2) is 8.93. The van der Waals surface area contributed by atoms with Crippen LogP contribution in [-0.4, -0.2) is 58.5 Å². The Labute approximate surface area is 204 Å². The minimum Gasteiger partial charge on any atom is -0.474 e. The smallest absolute Gasteiger partial charge is 0.410 e. The van der Waals surface area contributed by atoms with Crippen molar-refractivity contribution in [2.24, 2.45) is 11.8 Å². The minimum atomic E-state index is -0.340. The van der Waals surface area contributed by atoms with Crippen LogP contribution in [0.15, 0.2) is 24.5 Å². The molecule has 0 radical (unpaired) electrons. The van der Waals surface area contributed by atoms with E-state index in [1.165, 1.54) is 31.7 Å². The summed E-state index contributed by atoms with van der Waals surface area (Å²) in [6.07, 6.45) is 6.11. The summed E-state index contributed by atoms with van der Waals surface area (Å²) < 4.78 is 32.3. The molecule has 186 valence electrons. The molecular weight excluding hydrogens is 451 g/mol. The first-order chi connectivity index (χ1) is 17.0. The van der Waals surface area contributed by atoms with Crippen molar-refractivity contribution >= 4 is 17.6 Å². The van der Waals surface area contributed by atoms with Crippen LogP contribution in [0.3, 0.4) is 0 Å². The lowest BCUT2D eigenvalue weighted by Gasteiger charge is -2.47. The highest BCUT2D eigenvalue weighted by Crippen LogP contribution is 2.54. The van der Waals surface area contributed by atoms with Crippen molar-refractivity contribution < 1.29 is 23.4 Å². The van der Waals surface area contributed by atoms with Crippen molar-refractivity contribution in [2.45, 2.75) is 70.2 Å². The van der Waals surface area contributed by atoms with Gasteiger partial charge in [-0.05, 0) is 44.4 Å². The first kappa shape index (κ1) is 22.5. The number of halogens is 1. The van der Waals surface area contributed by atoms with Crippen LogP contribution in [0.5, 0.6) is 5.88 Å². The Morgan fingerprint density at radius 3 is 2.60 bits per heavy atom. The van der Waals surface area contributed by atoms with Gasteiger partial charge in [0.15, 0.2) is 0 Å². The number of benzene rings is 1. The van der Waals surface area contributed by atoms with E-state index in [1.54, 1.807) is 6.07 Å². The fourth-order valence-electron chi connectivity index (χ4n) is 6.05. The summed E-state index contributed by atoms with van der Waals surface area (Å²) in [5.74, 6) is 1.77. The van der Waals surface area contributed by atoms with Gasteiger partial charge in [-0.25, -0.2) is 19.2 Å². The second-order valence-electron chi connectivity index (χ2n) is 10.3. The molecule has 2 aliphatic carbocycles. The van der Waals surface area contributed by atoms with Gasteiger partial charge >= 0.3 is 6.09 Å². The maximum Gasteiger partial charge on any atom is 0.410 e. The van der Waals surface area contributed by atoms with E-state index in [4.69, 9.17) is 14.2 Å². The molecule has 2 saturated heterocycles. The summed E-state index contributed by atoms with van der Waals surface area (Å²) in [5, 5.41) is 3.05. The van der Waals surface area contributed by atoms with Gasteiger partial charge in [-0.2, -0.15) is 0 Å². The van der Waals surface area contributed by atoms with E-state index in [1.807, 2.05) is 24.8 Å². The largest absolute Gasteiger partial charge is 0.474 e. The minimum absolute atomic E-state index is 0.0833. The summed E-state index contributed by atoms with van der Waals surface area (Å²) in [6.45, 7) is 4.65. The number of carbonyl (C=O) groups is 1. The Hall–Kier alpha value is -2.94. The lowest BCUT2D eigenvalue weighted by atomic mass is 9.92. The number of hydrogen-bond acceptors (Lipinski definition) is 7. The third kappa shape index (κ3) is 4.30. The van der Waals surface area contributed by atoms with Gasteiger partial charge in [0.25, 0.3) is 0 Å². The zero-order chi connectivity index (χ0) is 24.1. The van der Waals surface area contributed by atoms with E-state index < -0.39 is 0 Å². The summed E-state index contributed by atoms with van der Waals surface area (Å²) >= 11 is 0. The Morgan fingerprint density at radius 1 is 1.14 bits per heavy atom. The van der Waals surface area contributed by atoms with Crippen molar-refractivity contribution in [2.75, 3.05) is 18.5 Å². The number of carbonyl (C=O) groups excluding carboxylic acids is 1. The Kier molecular flexibility index (Phi) is 5.75. The fourth-order valence-corrected chi connectivity index (χ4v) is 6.05. The fraction of sp³-hybridized carbons (Fsp3) is 0.577. The highest BCUT2D eigenvalue weighted by molar-refractivity contribution is 5.69. The number of nitrogens with zero attached hydrogens (tertiary/aromatic N) is 3. The third-order valence-corrected chi connectivity index (χ3v) is 7.95. The molecule has 1 amide bonds. The van der Waals surface area contributed by atoms with Crippen molar-refractivity contribution in [3.8, 4) is 5.88 Å². The van der Waals surface area contributed by atoms with E-state index in [-0.39, 0.29) is 36.2 Å². The highest BCUT2D eigenvalue weighted by Gasteiger charge is 2.56. The van der Waals surface area contributed by atoms with Crippen LogP contribution in [0.25, 0.3) is 0 Å². The van der Waals surface area contributed by atoms with Gasteiger partial charge in [0.2, 0.25) is 5.88 Å². The van der Waals surface area contributed by atoms with Crippen molar-refractivity contribution in [3.05, 3.63) is 41.5 Å². The number of piperidine rings is 1. The molecule has 2 bridgehead atoms.